The summed E-state index contributed by atoms with van der Waals surface area (Å²) >= 11 is 0. The average molecular weight is 256 g/mol. The highest BCUT2D eigenvalue weighted by Gasteiger charge is 2.19. The van der Waals surface area contributed by atoms with Crippen LogP contribution in [0.3, 0.4) is 0 Å². The quantitative estimate of drug-likeness (QED) is 0.820. The number of likely N-dealkylation sites (N-methyl/N-ethyl adjacent to an activating group) is 1. The molecule has 4 nitrogen and oxygen atoms in total. The van der Waals surface area contributed by atoms with Crippen LogP contribution in [0.1, 0.15) is 5.69 Å². The van der Waals surface area contributed by atoms with Crippen molar-refractivity contribution >= 4 is 5.82 Å². The molecule has 0 saturated carbocycles. The van der Waals surface area contributed by atoms with Crippen LogP contribution in [0.15, 0.2) is 36.4 Å². The van der Waals surface area contributed by atoms with Crippen molar-refractivity contribution in [3.8, 4) is 5.69 Å². The fourth-order valence-corrected chi connectivity index (χ4v) is 2.51. The van der Waals surface area contributed by atoms with E-state index >= 15 is 0 Å². The Morgan fingerprint density at radius 1 is 1.00 bits per heavy atom. The van der Waals surface area contributed by atoms with E-state index in [0.29, 0.717) is 0 Å². The summed E-state index contributed by atoms with van der Waals surface area (Å²) in [4.78, 5) is 4.79. The molecule has 1 aromatic heterocycles. The maximum atomic E-state index is 4.64. The number of anilines is 1. The minimum atomic E-state index is 1.06. The standard InChI is InChI=1S/C15H20N4/c1-13-12-15(18-10-8-17(2)9-11-18)19(16-13)14-6-4-3-5-7-14/h3-7,12H,8-11H2,1-2H3. The van der Waals surface area contributed by atoms with Crippen molar-refractivity contribution in [1.29, 1.82) is 0 Å². The molecule has 1 saturated heterocycles. The van der Waals surface area contributed by atoms with Gasteiger partial charge in [0.2, 0.25) is 0 Å². The number of aromatic nitrogens is 2. The Morgan fingerprint density at radius 3 is 2.37 bits per heavy atom. The van der Waals surface area contributed by atoms with E-state index in [1.54, 1.807) is 0 Å². The molecule has 0 bridgehead atoms. The Morgan fingerprint density at radius 2 is 1.68 bits per heavy atom. The van der Waals surface area contributed by atoms with E-state index < -0.39 is 0 Å². The summed E-state index contributed by atoms with van der Waals surface area (Å²) < 4.78 is 2.06. The molecular weight excluding hydrogens is 236 g/mol. The van der Waals surface area contributed by atoms with Crippen LogP contribution < -0.4 is 4.90 Å². The molecule has 0 radical (unpaired) electrons. The van der Waals surface area contributed by atoms with Gasteiger partial charge in [0.1, 0.15) is 5.82 Å². The molecule has 2 aromatic rings. The molecule has 19 heavy (non-hydrogen) atoms. The normalized spacial score (nSPS) is 16.8. The van der Waals surface area contributed by atoms with Crippen molar-refractivity contribution in [3.63, 3.8) is 0 Å². The summed E-state index contributed by atoms with van der Waals surface area (Å²) in [7, 11) is 2.18. The number of nitrogens with zero attached hydrogens (tertiary/aromatic N) is 4. The third-order valence-electron chi connectivity index (χ3n) is 3.64. The van der Waals surface area contributed by atoms with Crippen LogP contribution in [0.25, 0.3) is 5.69 Å². The topological polar surface area (TPSA) is 24.3 Å². The number of rotatable bonds is 2. The van der Waals surface area contributed by atoms with Gasteiger partial charge in [-0.25, -0.2) is 4.68 Å². The minimum Gasteiger partial charge on any atom is -0.354 e. The molecule has 100 valence electrons. The fourth-order valence-electron chi connectivity index (χ4n) is 2.51. The van der Waals surface area contributed by atoms with Gasteiger partial charge in [0.25, 0.3) is 0 Å². The Balaban J connectivity index is 1.94. The monoisotopic (exact) mass is 256 g/mol. The van der Waals surface area contributed by atoms with Crippen LogP contribution in [0.2, 0.25) is 0 Å². The Hall–Kier alpha value is -1.81. The molecule has 1 aliphatic rings. The first-order valence-corrected chi connectivity index (χ1v) is 6.79. The molecule has 0 amide bonds. The van der Waals surface area contributed by atoms with Gasteiger partial charge in [-0.1, -0.05) is 18.2 Å². The Bertz CT molecular complexity index is 539. The van der Waals surface area contributed by atoms with Gasteiger partial charge >= 0.3 is 0 Å². The van der Waals surface area contributed by atoms with Gasteiger partial charge in [-0.2, -0.15) is 5.10 Å². The van der Waals surface area contributed by atoms with Gasteiger partial charge in [0.05, 0.1) is 11.4 Å². The van der Waals surface area contributed by atoms with Gasteiger partial charge in [-0.05, 0) is 26.1 Å². The van der Waals surface area contributed by atoms with E-state index in [9.17, 15) is 0 Å². The highest BCUT2D eigenvalue weighted by molar-refractivity contribution is 5.48. The van der Waals surface area contributed by atoms with Gasteiger partial charge in [-0.15, -0.1) is 0 Å². The highest BCUT2D eigenvalue weighted by Crippen LogP contribution is 2.22. The molecule has 4 heteroatoms. The first-order chi connectivity index (χ1) is 9.24. The third kappa shape index (κ3) is 2.49. The first-order valence-electron chi connectivity index (χ1n) is 6.79. The summed E-state index contributed by atoms with van der Waals surface area (Å²) in [6.45, 7) is 6.40. The van der Waals surface area contributed by atoms with E-state index in [1.165, 1.54) is 5.82 Å². The number of hydrogen-bond acceptors (Lipinski definition) is 3. The van der Waals surface area contributed by atoms with Crippen molar-refractivity contribution in [1.82, 2.24) is 14.7 Å². The van der Waals surface area contributed by atoms with Gasteiger partial charge in [0.15, 0.2) is 0 Å². The maximum Gasteiger partial charge on any atom is 0.132 e. The van der Waals surface area contributed by atoms with Crippen LogP contribution in [0.4, 0.5) is 5.82 Å². The smallest absolute Gasteiger partial charge is 0.132 e. The number of hydrogen-bond donors (Lipinski definition) is 0. The summed E-state index contributed by atoms with van der Waals surface area (Å²) in [5.74, 6) is 1.21. The van der Waals surface area contributed by atoms with Crippen molar-refractivity contribution in [2.24, 2.45) is 0 Å². The molecule has 2 heterocycles. The molecule has 0 unspecified atom stereocenters. The van der Waals surface area contributed by atoms with Crippen LogP contribution in [0.5, 0.6) is 0 Å². The summed E-state index contributed by atoms with van der Waals surface area (Å²) in [6.07, 6.45) is 0. The van der Waals surface area contributed by atoms with Gasteiger partial charge in [-0.3, -0.25) is 0 Å². The van der Waals surface area contributed by atoms with E-state index in [4.69, 9.17) is 0 Å². The van der Waals surface area contributed by atoms with Crippen LogP contribution in [0, 0.1) is 6.92 Å². The van der Waals surface area contributed by atoms with E-state index in [0.717, 1.165) is 37.6 Å². The molecule has 0 N–H and O–H groups in total. The second-order valence-electron chi connectivity index (χ2n) is 5.18. The van der Waals surface area contributed by atoms with Crippen LogP contribution in [-0.4, -0.2) is 47.9 Å². The average Bonchev–Trinajstić information content (AvgIpc) is 2.83. The molecule has 1 fully saturated rings. The first kappa shape index (κ1) is 12.2. The SMILES string of the molecule is Cc1cc(N2CCN(C)CC2)n(-c2ccccc2)n1. The Kier molecular flexibility index (Phi) is 3.25. The lowest BCUT2D eigenvalue weighted by Gasteiger charge is -2.33. The predicted octanol–water partition coefficient (Wildman–Crippen LogP) is 1.93. The second-order valence-corrected chi connectivity index (χ2v) is 5.18. The molecule has 0 aliphatic carbocycles. The molecule has 1 aromatic carbocycles. The van der Waals surface area contributed by atoms with Gasteiger partial charge in [0, 0.05) is 32.2 Å². The third-order valence-corrected chi connectivity index (χ3v) is 3.64. The molecule has 3 rings (SSSR count). The zero-order valence-corrected chi connectivity index (χ0v) is 11.6. The van der Waals surface area contributed by atoms with Crippen LogP contribution in [-0.2, 0) is 0 Å². The second kappa shape index (κ2) is 5.05. The molecular formula is C15H20N4. The number of benzene rings is 1. The fraction of sp³-hybridized carbons (Fsp3) is 0.400. The lowest BCUT2D eigenvalue weighted by Crippen LogP contribution is -2.45. The lowest BCUT2D eigenvalue weighted by atomic mass is 10.3. The molecule has 0 atom stereocenters. The molecule has 0 spiro atoms. The lowest BCUT2D eigenvalue weighted by molar-refractivity contribution is 0.311. The predicted molar refractivity (Wildman–Crippen MR) is 78.0 cm³/mol. The number of aryl methyl sites for hydroxylation is 1. The van der Waals surface area contributed by atoms with E-state index in [2.05, 4.69) is 63.9 Å². The summed E-state index contributed by atoms with van der Waals surface area (Å²) in [5, 5.41) is 4.64. The van der Waals surface area contributed by atoms with Gasteiger partial charge < -0.3 is 9.80 Å². The minimum absolute atomic E-state index is 1.06. The van der Waals surface area contributed by atoms with Crippen molar-refractivity contribution in [2.75, 3.05) is 38.1 Å². The highest BCUT2D eigenvalue weighted by atomic mass is 15.4. The maximum absolute atomic E-state index is 4.64. The van der Waals surface area contributed by atoms with Crippen molar-refractivity contribution in [3.05, 3.63) is 42.1 Å². The van der Waals surface area contributed by atoms with Crippen molar-refractivity contribution < 1.29 is 0 Å². The van der Waals surface area contributed by atoms with E-state index in [1.807, 2.05) is 6.07 Å². The number of para-hydroxylation sites is 1. The summed E-state index contributed by atoms with van der Waals surface area (Å²) in [5.41, 5.74) is 2.20. The zero-order chi connectivity index (χ0) is 13.2. The summed E-state index contributed by atoms with van der Waals surface area (Å²) in [6, 6.07) is 12.5. The largest absolute Gasteiger partial charge is 0.354 e. The number of piperazine rings is 1. The van der Waals surface area contributed by atoms with Crippen LogP contribution >= 0.6 is 0 Å². The van der Waals surface area contributed by atoms with Crippen molar-refractivity contribution in [2.45, 2.75) is 6.92 Å². The Labute approximate surface area is 114 Å². The molecule has 1 aliphatic heterocycles. The zero-order valence-electron chi connectivity index (χ0n) is 11.6. The van der Waals surface area contributed by atoms with E-state index in [-0.39, 0.29) is 0 Å².